The van der Waals surface area contributed by atoms with Crippen molar-refractivity contribution in [1.29, 1.82) is 0 Å². The lowest BCUT2D eigenvalue weighted by Crippen LogP contribution is -2.07. The minimum atomic E-state index is -4.35. The SMILES string of the molecule is CCOC(=O)c1csc(N)n1.CSC(C)c1ccc(C(F)(F)F)nc1. The van der Waals surface area contributed by atoms with Crippen LogP contribution in [0.2, 0.25) is 0 Å². The molecule has 0 aliphatic heterocycles. The summed E-state index contributed by atoms with van der Waals surface area (Å²) in [5.74, 6) is -0.416. The molecular weight excluding hydrogens is 375 g/mol. The molecule has 0 aromatic carbocycles. The fourth-order valence-corrected chi connectivity index (χ4v) is 2.48. The van der Waals surface area contributed by atoms with Crippen molar-refractivity contribution in [2.24, 2.45) is 0 Å². The fraction of sp³-hybridized carbons (Fsp3) is 0.400. The first-order chi connectivity index (χ1) is 11.7. The van der Waals surface area contributed by atoms with Crippen LogP contribution in [0.25, 0.3) is 0 Å². The Morgan fingerprint density at radius 3 is 2.52 bits per heavy atom. The number of anilines is 1. The molecule has 0 bridgehead atoms. The summed E-state index contributed by atoms with van der Waals surface area (Å²) in [5.41, 5.74) is 5.57. The number of nitrogens with two attached hydrogens (primary N) is 1. The van der Waals surface area contributed by atoms with Crippen molar-refractivity contribution in [3.8, 4) is 0 Å². The highest BCUT2D eigenvalue weighted by Crippen LogP contribution is 2.30. The first-order valence-corrected chi connectivity index (χ1v) is 9.29. The van der Waals surface area contributed by atoms with Gasteiger partial charge in [-0.3, -0.25) is 4.98 Å². The molecule has 5 nitrogen and oxygen atoms in total. The molecule has 1 unspecified atom stereocenters. The number of halogens is 3. The summed E-state index contributed by atoms with van der Waals surface area (Å²) >= 11 is 2.79. The second-order valence-corrected chi connectivity index (χ2v) is 6.71. The van der Waals surface area contributed by atoms with E-state index in [9.17, 15) is 18.0 Å². The molecule has 2 aromatic rings. The van der Waals surface area contributed by atoms with Gasteiger partial charge >= 0.3 is 12.1 Å². The molecule has 0 spiro atoms. The highest BCUT2D eigenvalue weighted by Gasteiger charge is 2.32. The third-order valence-electron chi connectivity index (χ3n) is 2.91. The van der Waals surface area contributed by atoms with E-state index in [0.29, 0.717) is 11.7 Å². The maximum atomic E-state index is 12.1. The number of rotatable bonds is 4. The molecule has 2 rings (SSSR count). The van der Waals surface area contributed by atoms with Gasteiger partial charge < -0.3 is 10.5 Å². The van der Waals surface area contributed by atoms with Gasteiger partial charge in [0.15, 0.2) is 10.8 Å². The molecule has 0 aliphatic rings. The van der Waals surface area contributed by atoms with Crippen LogP contribution in [0.4, 0.5) is 18.3 Å². The number of alkyl halides is 3. The number of ether oxygens (including phenoxy) is 1. The van der Waals surface area contributed by atoms with Crippen LogP contribution in [-0.4, -0.2) is 28.8 Å². The molecule has 25 heavy (non-hydrogen) atoms. The summed E-state index contributed by atoms with van der Waals surface area (Å²) in [4.78, 5) is 18.1. The number of carbonyl (C=O) groups is 1. The lowest BCUT2D eigenvalue weighted by Gasteiger charge is -2.09. The van der Waals surface area contributed by atoms with Crippen molar-refractivity contribution in [2.75, 3.05) is 18.6 Å². The normalized spacial score (nSPS) is 12.1. The monoisotopic (exact) mass is 393 g/mol. The molecule has 2 N–H and O–H groups in total. The number of thiazole rings is 1. The standard InChI is InChI=1S/C9H10F3NS.C6H8N2O2S/c1-6(14-2)7-3-4-8(13-5-7)9(10,11)12;1-2-10-5(9)4-3-11-6(7)8-4/h3-6H,1-2H3;3H,2H2,1H3,(H2,7,8). The highest BCUT2D eigenvalue weighted by atomic mass is 32.2. The minimum Gasteiger partial charge on any atom is -0.461 e. The second kappa shape index (κ2) is 9.62. The van der Waals surface area contributed by atoms with Crippen LogP contribution in [0.15, 0.2) is 23.7 Å². The van der Waals surface area contributed by atoms with E-state index in [4.69, 9.17) is 10.5 Å². The average Bonchev–Trinajstić information content (AvgIpc) is 3.01. The molecule has 0 radical (unpaired) electrons. The number of hydrogen-bond donors (Lipinski definition) is 1. The predicted molar refractivity (Wildman–Crippen MR) is 93.7 cm³/mol. The third kappa shape index (κ3) is 6.91. The molecule has 0 fully saturated rings. The van der Waals surface area contributed by atoms with E-state index in [2.05, 4.69) is 9.97 Å². The van der Waals surface area contributed by atoms with Crippen molar-refractivity contribution in [3.05, 3.63) is 40.7 Å². The van der Waals surface area contributed by atoms with Crippen molar-refractivity contribution >= 4 is 34.2 Å². The second-order valence-electron chi connectivity index (χ2n) is 4.64. The molecular formula is C15H18F3N3O2S2. The summed E-state index contributed by atoms with van der Waals surface area (Å²) in [6.07, 6.45) is -1.16. The van der Waals surface area contributed by atoms with Gasteiger partial charge in [0.05, 0.1) is 6.61 Å². The van der Waals surface area contributed by atoms with E-state index in [1.54, 1.807) is 24.1 Å². The number of nitrogen functional groups attached to an aromatic ring is 1. The lowest BCUT2D eigenvalue weighted by atomic mass is 10.2. The van der Waals surface area contributed by atoms with Crippen molar-refractivity contribution in [1.82, 2.24) is 9.97 Å². The number of thioether (sulfide) groups is 1. The molecule has 2 aromatic heterocycles. The maximum absolute atomic E-state index is 12.1. The van der Waals surface area contributed by atoms with Gasteiger partial charge in [0.2, 0.25) is 0 Å². The van der Waals surface area contributed by atoms with Gasteiger partial charge in [-0.25, -0.2) is 9.78 Å². The number of nitrogens with zero attached hydrogens (tertiary/aromatic N) is 2. The van der Waals surface area contributed by atoms with Gasteiger partial charge in [-0.05, 0) is 31.7 Å². The largest absolute Gasteiger partial charge is 0.461 e. The van der Waals surface area contributed by atoms with Crippen molar-refractivity contribution < 1.29 is 22.7 Å². The summed E-state index contributed by atoms with van der Waals surface area (Å²) in [5, 5.41) is 2.13. The zero-order valence-electron chi connectivity index (χ0n) is 13.8. The number of carbonyl (C=O) groups excluding carboxylic acids is 1. The Bertz CT molecular complexity index is 675. The van der Waals surface area contributed by atoms with Gasteiger partial charge in [-0.2, -0.15) is 24.9 Å². The minimum absolute atomic E-state index is 0.171. The Kier molecular flexibility index (Phi) is 8.17. The highest BCUT2D eigenvalue weighted by molar-refractivity contribution is 7.98. The van der Waals surface area contributed by atoms with Crippen LogP contribution < -0.4 is 5.73 Å². The zero-order valence-corrected chi connectivity index (χ0v) is 15.5. The van der Waals surface area contributed by atoms with Gasteiger partial charge in [0.1, 0.15) is 5.69 Å². The molecule has 10 heteroatoms. The van der Waals surface area contributed by atoms with E-state index < -0.39 is 17.8 Å². The fourth-order valence-electron chi connectivity index (χ4n) is 1.54. The summed E-state index contributed by atoms with van der Waals surface area (Å²) < 4.78 is 41.1. The maximum Gasteiger partial charge on any atom is 0.433 e. The molecule has 0 amide bonds. The summed E-state index contributed by atoms with van der Waals surface area (Å²) in [6, 6.07) is 2.49. The Labute approximate surface area is 151 Å². The zero-order chi connectivity index (χ0) is 19.0. The van der Waals surface area contributed by atoms with Gasteiger partial charge in [-0.1, -0.05) is 6.07 Å². The van der Waals surface area contributed by atoms with Crippen molar-refractivity contribution in [2.45, 2.75) is 25.3 Å². The Hall–Kier alpha value is -1.81. The van der Waals surface area contributed by atoms with Gasteiger partial charge in [0, 0.05) is 16.8 Å². The Morgan fingerprint density at radius 1 is 1.44 bits per heavy atom. The first-order valence-electron chi connectivity index (χ1n) is 7.13. The molecule has 138 valence electrons. The van der Waals surface area contributed by atoms with Crippen LogP contribution in [0.1, 0.15) is 40.8 Å². The van der Waals surface area contributed by atoms with E-state index in [1.807, 2.05) is 13.2 Å². The van der Waals surface area contributed by atoms with Gasteiger partial charge in [0.25, 0.3) is 0 Å². The number of esters is 1. The number of aromatic nitrogens is 2. The molecule has 1 atom stereocenters. The topological polar surface area (TPSA) is 78.1 Å². The molecule has 0 saturated heterocycles. The average molecular weight is 393 g/mol. The van der Waals surface area contributed by atoms with Crippen LogP contribution >= 0.6 is 23.1 Å². The Balaban J connectivity index is 0.000000257. The summed E-state index contributed by atoms with van der Waals surface area (Å²) in [7, 11) is 0. The van der Waals surface area contributed by atoms with E-state index in [1.165, 1.54) is 23.6 Å². The smallest absolute Gasteiger partial charge is 0.433 e. The van der Waals surface area contributed by atoms with Crippen LogP contribution in [-0.2, 0) is 10.9 Å². The van der Waals surface area contributed by atoms with E-state index in [-0.39, 0.29) is 10.9 Å². The molecule has 2 heterocycles. The van der Waals surface area contributed by atoms with Crippen LogP contribution in [0.5, 0.6) is 0 Å². The first kappa shape index (κ1) is 21.2. The van der Waals surface area contributed by atoms with Gasteiger partial charge in [-0.15, -0.1) is 11.3 Å². The van der Waals surface area contributed by atoms with Crippen LogP contribution in [0.3, 0.4) is 0 Å². The molecule has 0 saturated carbocycles. The van der Waals surface area contributed by atoms with Crippen LogP contribution in [0, 0.1) is 0 Å². The quantitative estimate of drug-likeness (QED) is 0.775. The number of hydrogen-bond acceptors (Lipinski definition) is 7. The summed E-state index contributed by atoms with van der Waals surface area (Å²) in [6.45, 7) is 4.03. The molecule has 0 aliphatic carbocycles. The number of pyridine rings is 1. The van der Waals surface area contributed by atoms with Crippen molar-refractivity contribution in [3.63, 3.8) is 0 Å². The lowest BCUT2D eigenvalue weighted by molar-refractivity contribution is -0.141. The predicted octanol–water partition coefficient (Wildman–Crippen LogP) is 4.43. The van der Waals surface area contributed by atoms with E-state index in [0.717, 1.165) is 11.6 Å². The van der Waals surface area contributed by atoms with E-state index >= 15 is 0 Å². The third-order valence-corrected chi connectivity index (χ3v) is 4.56. The Morgan fingerprint density at radius 2 is 2.12 bits per heavy atom.